The van der Waals surface area contributed by atoms with Crippen LogP contribution in [0, 0.1) is 0 Å². The van der Waals surface area contributed by atoms with Crippen molar-refractivity contribution in [2.75, 3.05) is 6.54 Å². The van der Waals surface area contributed by atoms with Crippen LogP contribution in [0.5, 0.6) is 0 Å². The van der Waals surface area contributed by atoms with Crippen molar-refractivity contribution in [3.8, 4) is 0 Å². The number of aliphatic hydroxyl groups is 1. The van der Waals surface area contributed by atoms with Crippen molar-refractivity contribution in [3.05, 3.63) is 35.9 Å². The van der Waals surface area contributed by atoms with Crippen molar-refractivity contribution >= 4 is 0 Å². The lowest BCUT2D eigenvalue weighted by molar-refractivity contribution is 0.0815. The van der Waals surface area contributed by atoms with Crippen LogP contribution in [0.3, 0.4) is 0 Å². The smallest absolute Gasteiger partial charge is 0.229 e. The van der Waals surface area contributed by atoms with Gasteiger partial charge in [-0.25, -0.2) is 0 Å². The molecule has 2 unspecified atom stereocenters. The van der Waals surface area contributed by atoms with Crippen molar-refractivity contribution < 1.29 is 14.0 Å². The van der Waals surface area contributed by atoms with E-state index >= 15 is 0 Å². The number of furan rings is 1. The zero-order chi connectivity index (χ0) is 16.4. The lowest BCUT2D eigenvalue weighted by Crippen LogP contribution is -2.36. The highest BCUT2D eigenvalue weighted by atomic mass is 16.5. The Kier molecular flexibility index (Phi) is 4.67. The normalized spacial score (nSPS) is 24.0. The van der Waals surface area contributed by atoms with E-state index in [1.165, 1.54) is 32.1 Å². The molecular formula is C18H25N3O3. The van der Waals surface area contributed by atoms with E-state index in [2.05, 4.69) is 15.0 Å². The van der Waals surface area contributed by atoms with E-state index in [0.29, 0.717) is 30.7 Å². The minimum absolute atomic E-state index is 0.315. The fourth-order valence-corrected chi connectivity index (χ4v) is 3.58. The third-order valence-electron chi connectivity index (χ3n) is 5.12. The standard InChI is InChI=1S/C18H25N3O3/c22-15(16-6-4-10-23-16)11-14-5-2-1-3-9-21(14)12-17-19-18(24-20-17)13-7-8-13/h4,6,10,13-15,22H,1-3,5,7-9,11-12H2. The number of hydrogen-bond acceptors (Lipinski definition) is 6. The van der Waals surface area contributed by atoms with Gasteiger partial charge in [-0.2, -0.15) is 4.98 Å². The molecule has 3 heterocycles. The Morgan fingerprint density at radius 2 is 2.17 bits per heavy atom. The van der Waals surface area contributed by atoms with Gasteiger partial charge in [0.1, 0.15) is 11.9 Å². The molecule has 2 aliphatic rings. The molecule has 6 nitrogen and oxygen atoms in total. The van der Waals surface area contributed by atoms with Crippen molar-refractivity contribution in [2.45, 2.75) is 69.6 Å². The Labute approximate surface area is 141 Å². The van der Waals surface area contributed by atoms with Gasteiger partial charge in [0.25, 0.3) is 0 Å². The molecule has 1 saturated heterocycles. The predicted octanol–water partition coefficient (Wildman–Crippen LogP) is 3.41. The molecule has 0 spiro atoms. The minimum Gasteiger partial charge on any atom is -0.467 e. The second-order valence-corrected chi connectivity index (χ2v) is 7.06. The van der Waals surface area contributed by atoms with Gasteiger partial charge in [-0.1, -0.05) is 18.0 Å². The highest BCUT2D eigenvalue weighted by Gasteiger charge is 2.31. The molecule has 0 amide bonds. The monoisotopic (exact) mass is 331 g/mol. The Morgan fingerprint density at radius 3 is 2.96 bits per heavy atom. The summed E-state index contributed by atoms with van der Waals surface area (Å²) in [5.41, 5.74) is 0. The van der Waals surface area contributed by atoms with Gasteiger partial charge in [-0.3, -0.25) is 4.90 Å². The maximum Gasteiger partial charge on any atom is 0.229 e. The first kappa shape index (κ1) is 15.8. The lowest BCUT2D eigenvalue weighted by atomic mass is 10.0. The summed E-state index contributed by atoms with van der Waals surface area (Å²) in [5.74, 6) is 2.71. The number of nitrogens with zero attached hydrogens (tertiary/aromatic N) is 3. The molecule has 4 rings (SSSR count). The number of aromatic nitrogens is 2. The first-order valence-electron chi connectivity index (χ1n) is 9.07. The van der Waals surface area contributed by atoms with E-state index in [1.807, 2.05) is 12.1 Å². The maximum atomic E-state index is 10.5. The van der Waals surface area contributed by atoms with E-state index in [9.17, 15) is 5.11 Å². The van der Waals surface area contributed by atoms with Gasteiger partial charge in [0, 0.05) is 12.0 Å². The summed E-state index contributed by atoms with van der Waals surface area (Å²) in [6.07, 6.45) is 8.79. The van der Waals surface area contributed by atoms with Gasteiger partial charge in [-0.15, -0.1) is 0 Å². The quantitative estimate of drug-likeness (QED) is 0.874. The molecule has 2 fully saturated rings. The molecule has 1 aliphatic carbocycles. The first-order chi connectivity index (χ1) is 11.8. The second-order valence-electron chi connectivity index (χ2n) is 7.06. The van der Waals surface area contributed by atoms with Gasteiger partial charge in [0.2, 0.25) is 5.89 Å². The average molecular weight is 331 g/mol. The average Bonchev–Trinajstić information content (AvgIpc) is 3.15. The Balaban J connectivity index is 1.42. The molecule has 2 atom stereocenters. The molecule has 1 aliphatic heterocycles. The van der Waals surface area contributed by atoms with Crippen molar-refractivity contribution in [1.29, 1.82) is 0 Å². The van der Waals surface area contributed by atoms with E-state index < -0.39 is 6.10 Å². The molecule has 2 aromatic heterocycles. The number of aliphatic hydroxyl groups excluding tert-OH is 1. The molecule has 0 aromatic carbocycles. The van der Waals surface area contributed by atoms with Crippen LogP contribution < -0.4 is 0 Å². The first-order valence-corrected chi connectivity index (χ1v) is 9.07. The Hall–Kier alpha value is -1.66. The summed E-state index contributed by atoms with van der Waals surface area (Å²) in [7, 11) is 0. The van der Waals surface area contributed by atoms with Crippen LogP contribution in [0.1, 0.15) is 74.4 Å². The molecule has 2 aromatic rings. The molecule has 0 radical (unpaired) electrons. The highest BCUT2D eigenvalue weighted by Crippen LogP contribution is 2.39. The summed E-state index contributed by atoms with van der Waals surface area (Å²) in [4.78, 5) is 6.96. The minimum atomic E-state index is -0.558. The summed E-state index contributed by atoms with van der Waals surface area (Å²) >= 11 is 0. The largest absolute Gasteiger partial charge is 0.467 e. The van der Waals surface area contributed by atoms with Crippen molar-refractivity contribution in [2.24, 2.45) is 0 Å². The predicted molar refractivity (Wildman–Crippen MR) is 87.2 cm³/mol. The zero-order valence-corrected chi connectivity index (χ0v) is 13.9. The van der Waals surface area contributed by atoms with Crippen molar-refractivity contribution in [3.63, 3.8) is 0 Å². The lowest BCUT2D eigenvalue weighted by Gasteiger charge is -2.30. The van der Waals surface area contributed by atoms with Crippen LogP contribution >= 0.6 is 0 Å². The summed E-state index contributed by atoms with van der Waals surface area (Å²) in [6.45, 7) is 1.72. The molecule has 0 bridgehead atoms. The third kappa shape index (κ3) is 3.70. The van der Waals surface area contributed by atoms with Crippen molar-refractivity contribution in [1.82, 2.24) is 15.0 Å². The SMILES string of the molecule is OC(CC1CCCCCN1Cc1noc(C2CC2)n1)c1ccco1. The molecule has 130 valence electrons. The second kappa shape index (κ2) is 7.07. The third-order valence-corrected chi connectivity index (χ3v) is 5.12. The fraction of sp³-hybridized carbons (Fsp3) is 0.667. The van der Waals surface area contributed by atoms with E-state index in [1.54, 1.807) is 6.26 Å². The van der Waals surface area contributed by atoms with Crippen LogP contribution in [-0.2, 0) is 6.54 Å². The molecule has 6 heteroatoms. The summed E-state index contributed by atoms with van der Waals surface area (Å²) in [5, 5.41) is 14.6. The number of likely N-dealkylation sites (tertiary alicyclic amines) is 1. The number of rotatable bonds is 6. The van der Waals surface area contributed by atoms with Gasteiger partial charge in [-0.05, 0) is 50.8 Å². The summed E-state index contributed by atoms with van der Waals surface area (Å²) in [6, 6.07) is 3.98. The fourth-order valence-electron chi connectivity index (χ4n) is 3.58. The van der Waals surface area contributed by atoms with Crippen LogP contribution in [0.15, 0.2) is 27.3 Å². The van der Waals surface area contributed by atoms with Crippen LogP contribution in [0.2, 0.25) is 0 Å². The van der Waals surface area contributed by atoms with Gasteiger partial charge < -0.3 is 14.0 Å². The van der Waals surface area contributed by atoms with Gasteiger partial charge >= 0.3 is 0 Å². The molecular weight excluding hydrogens is 306 g/mol. The zero-order valence-electron chi connectivity index (χ0n) is 13.9. The molecule has 1 saturated carbocycles. The van der Waals surface area contributed by atoms with Gasteiger partial charge in [0.15, 0.2) is 5.82 Å². The Bertz CT molecular complexity index is 636. The van der Waals surface area contributed by atoms with Crippen LogP contribution in [0.25, 0.3) is 0 Å². The molecule has 24 heavy (non-hydrogen) atoms. The van der Waals surface area contributed by atoms with Crippen LogP contribution in [-0.4, -0.2) is 32.7 Å². The number of hydrogen-bond donors (Lipinski definition) is 1. The topological polar surface area (TPSA) is 75.5 Å². The van der Waals surface area contributed by atoms with Crippen LogP contribution in [0.4, 0.5) is 0 Å². The highest BCUT2D eigenvalue weighted by molar-refractivity contribution is 5.04. The Morgan fingerprint density at radius 1 is 1.25 bits per heavy atom. The maximum absolute atomic E-state index is 10.5. The van der Waals surface area contributed by atoms with E-state index in [4.69, 9.17) is 8.94 Å². The summed E-state index contributed by atoms with van der Waals surface area (Å²) < 4.78 is 10.7. The van der Waals surface area contributed by atoms with E-state index in [-0.39, 0.29) is 0 Å². The van der Waals surface area contributed by atoms with E-state index in [0.717, 1.165) is 24.7 Å². The van der Waals surface area contributed by atoms with Gasteiger partial charge in [0.05, 0.1) is 12.8 Å². The molecule has 1 N–H and O–H groups in total.